The molecular weight excluding hydrogens is 491 g/mol. The third-order valence-electron chi connectivity index (χ3n) is 5.95. The molecule has 0 spiro atoms. The number of benzene rings is 1. The van der Waals surface area contributed by atoms with Crippen molar-refractivity contribution in [3.05, 3.63) is 34.9 Å². The minimum Gasteiger partial charge on any atom is -0.370 e. The number of guanidine groups is 1. The van der Waals surface area contributed by atoms with Gasteiger partial charge in [-0.05, 0) is 55.9 Å². The molecule has 2 unspecified atom stereocenters. The smallest absolute Gasteiger partial charge is 0.251 e. The Morgan fingerprint density at radius 1 is 1.17 bits per heavy atom. The zero-order chi connectivity index (χ0) is 26.8. The second-order valence-electron chi connectivity index (χ2n) is 9.00. The number of hydrogen-bond acceptors (Lipinski definition) is 5. The molecular formula is C24H34ClFN6O4. The van der Waals surface area contributed by atoms with Crippen LogP contribution in [0.5, 0.6) is 0 Å². The summed E-state index contributed by atoms with van der Waals surface area (Å²) in [5.41, 5.74) is 10.9. The van der Waals surface area contributed by atoms with Gasteiger partial charge in [0.15, 0.2) is 11.7 Å². The lowest BCUT2D eigenvalue weighted by molar-refractivity contribution is -0.141. The van der Waals surface area contributed by atoms with E-state index in [2.05, 4.69) is 15.6 Å². The number of nitrogens with two attached hydrogens (primary N) is 2. The molecule has 198 valence electrons. The van der Waals surface area contributed by atoms with Gasteiger partial charge in [-0.15, -0.1) is 0 Å². The number of alkyl halides is 1. The fraction of sp³-hybridized carbons (Fsp3) is 0.542. The lowest BCUT2D eigenvalue weighted by atomic mass is 10.0. The standard InChI is InChI=1S/C24H34ClFN6O4/c1-14(2)20(31-21(34)15-7-9-16(25)10-8-15)23(36)32-12-4-6-18(32)22(35)30-17(19(33)13-26)5-3-11-29-24(27)28/h7-10,14,17-18,20H,3-6,11-13H2,1-2H3,(H,30,35)(H,31,34)(H4,27,28,29)/t17?,18-,20?/m0/s1. The molecule has 0 aromatic heterocycles. The Bertz CT molecular complexity index is 968. The monoisotopic (exact) mass is 524 g/mol. The van der Waals surface area contributed by atoms with Crippen LogP contribution in [0.25, 0.3) is 0 Å². The highest BCUT2D eigenvalue weighted by atomic mass is 35.5. The van der Waals surface area contributed by atoms with Gasteiger partial charge in [0.2, 0.25) is 11.8 Å². The fourth-order valence-electron chi connectivity index (χ4n) is 4.00. The number of halogens is 2. The van der Waals surface area contributed by atoms with Gasteiger partial charge in [-0.2, -0.15) is 0 Å². The number of aliphatic imine (C=N–C) groups is 1. The highest BCUT2D eigenvalue weighted by Gasteiger charge is 2.39. The number of nitrogens with one attached hydrogen (secondary N) is 2. The molecule has 12 heteroatoms. The van der Waals surface area contributed by atoms with Crippen LogP contribution in [0.2, 0.25) is 5.02 Å². The average Bonchev–Trinajstić information content (AvgIpc) is 3.33. The van der Waals surface area contributed by atoms with Gasteiger partial charge < -0.3 is 27.0 Å². The number of rotatable bonds is 12. The zero-order valence-corrected chi connectivity index (χ0v) is 21.3. The van der Waals surface area contributed by atoms with Crippen molar-refractivity contribution >= 4 is 41.1 Å². The maximum Gasteiger partial charge on any atom is 0.251 e. The van der Waals surface area contributed by atoms with E-state index >= 15 is 0 Å². The molecule has 2 rings (SSSR count). The van der Waals surface area contributed by atoms with Crippen LogP contribution in [0.1, 0.15) is 49.9 Å². The largest absolute Gasteiger partial charge is 0.370 e. The fourth-order valence-corrected chi connectivity index (χ4v) is 4.13. The first-order valence-electron chi connectivity index (χ1n) is 11.9. The van der Waals surface area contributed by atoms with Crippen molar-refractivity contribution in [2.24, 2.45) is 22.4 Å². The molecule has 1 aromatic carbocycles. The Hall–Kier alpha value is -3.21. The predicted octanol–water partition coefficient (Wildman–Crippen LogP) is 1.16. The first-order chi connectivity index (χ1) is 17.0. The number of carbonyl (C=O) groups is 4. The molecule has 10 nitrogen and oxygen atoms in total. The maximum absolute atomic E-state index is 13.4. The van der Waals surface area contributed by atoms with E-state index in [4.69, 9.17) is 23.1 Å². The third kappa shape index (κ3) is 8.18. The molecule has 6 N–H and O–H groups in total. The molecule has 0 saturated carbocycles. The Balaban J connectivity index is 2.09. The number of amides is 3. The first-order valence-corrected chi connectivity index (χ1v) is 12.2. The van der Waals surface area contributed by atoms with Gasteiger partial charge in [0, 0.05) is 23.7 Å². The summed E-state index contributed by atoms with van der Waals surface area (Å²) in [5.74, 6) is -2.50. The number of hydrogen-bond donors (Lipinski definition) is 4. The van der Waals surface area contributed by atoms with Gasteiger partial charge in [-0.3, -0.25) is 24.2 Å². The lowest BCUT2D eigenvalue weighted by Gasteiger charge is -2.31. The van der Waals surface area contributed by atoms with Gasteiger partial charge in [-0.1, -0.05) is 25.4 Å². The van der Waals surface area contributed by atoms with Crippen molar-refractivity contribution in [1.29, 1.82) is 0 Å². The molecule has 36 heavy (non-hydrogen) atoms. The Morgan fingerprint density at radius 3 is 2.42 bits per heavy atom. The van der Waals surface area contributed by atoms with Gasteiger partial charge in [0.25, 0.3) is 5.91 Å². The lowest BCUT2D eigenvalue weighted by Crippen LogP contribution is -2.56. The average molecular weight is 525 g/mol. The Morgan fingerprint density at radius 2 is 1.83 bits per heavy atom. The summed E-state index contributed by atoms with van der Waals surface area (Å²) in [7, 11) is 0. The van der Waals surface area contributed by atoms with Gasteiger partial charge in [0.05, 0.1) is 6.04 Å². The van der Waals surface area contributed by atoms with Crippen LogP contribution >= 0.6 is 11.6 Å². The normalized spacial score (nSPS) is 16.8. The van der Waals surface area contributed by atoms with E-state index in [0.29, 0.717) is 36.4 Å². The molecule has 1 saturated heterocycles. The second kappa shape index (κ2) is 13.8. The van der Waals surface area contributed by atoms with Crippen molar-refractivity contribution in [3.8, 4) is 0 Å². The summed E-state index contributed by atoms with van der Waals surface area (Å²) in [6.07, 6.45) is 1.47. The molecule has 1 fully saturated rings. The quantitative estimate of drug-likeness (QED) is 0.182. The van der Waals surface area contributed by atoms with Crippen LogP contribution in [-0.4, -0.2) is 72.3 Å². The molecule has 1 aliphatic rings. The van der Waals surface area contributed by atoms with Crippen LogP contribution in [-0.2, 0) is 14.4 Å². The summed E-state index contributed by atoms with van der Waals surface area (Å²) >= 11 is 5.88. The van der Waals surface area contributed by atoms with Crippen LogP contribution in [0.4, 0.5) is 4.39 Å². The Labute approximate surface area is 215 Å². The topological polar surface area (TPSA) is 160 Å². The molecule has 1 heterocycles. The van der Waals surface area contributed by atoms with Crippen LogP contribution in [0.15, 0.2) is 29.3 Å². The van der Waals surface area contributed by atoms with Crippen molar-refractivity contribution < 1.29 is 23.6 Å². The number of carbonyl (C=O) groups excluding carboxylic acids is 4. The van der Waals surface area contributed by atoms with E-state index < -0.39 is 48.3 Å². The number of ketones is 1. The van der Waals surface area contributed by atoms with Crippen molar-refractivity contribution in [1.82, 2.24) is 15.5 Å². The SMILES string of the molecule is CC(C)C(NC(=O)c1ccc(Cl)cc1)C(=O)N1CCC[C@H]1C(=O)NC(CCCN=C(N)N)C(=O)CF. The van der Waals surface area contributed by atoms with Crippen LogP contribution in [0.3, 0.4) is 0 Å². The molecule has 0 bridgehead atoms. The van der Waals surface area contributed by atoms with Gasteiger partial charge in [0.1, 0.15) is 18.8 Å². The minimum atomic E-state index is -1.23. The molecule has 1 aromatic rings. The van der Waals surface area contributed by atoms with Crippen molar-refractivity contribution in [2.75, 3.05) is 19.8 Å². The summed E-state index contributed by atoms with van der Waals surface area (Å²) in [5, 5.41) is 5.83. The van der Waals surface area contributed by atoms with Crippen molar-refractivity contribution in [3.63, 3.8) is 0 Å². The second-order valence-corrected chi connectivity index (χ2v) is 9.44. The van der Waals surface area contributed by atoms with Crippen LogP contribution < -0.4 is 22.1 Å². The minimum absolute atomic E-state index is 0.102. The maximum atomic E-state index is 13.4. The summed E-state index contributed by atoms with van der Waals surface area (Å²) in [6.45, 7) is 2.91. The van der Waals surface area contributed by atoms with Gasteiger partial charge >= 0.3 is 0 Å². The van der Waals surface area contributed by atoms with E-state index in [-0.39, 0.29) is 24.8 Å². The first kappa shape index (κ1) is 29.0. The highest BCUT2D eigenvalue weighted by molar-refractivity contribution is 6.30. The third-order valence-corrected chi connectivity index (χ3v) is 6.20. The summed E-state index contributed by atoms with van der Waals surface area (Å²) in [4.78, 5) is 56.5. The van der Waals surface area contributed by atoms with E-state index in [0.717, 1.165) is 0 Å². The number of nitrogens with zero attached hydrogens (tertiary/aromatic N) is 2. The summed E-state index contributed by atoms with van der Waals surface area (Å²) in [6, 6.07) is 3.51. The molecule has 0 aliphatic carbocycles. The predicted molar refractivity (Wildman–Crippen MR) is 135 cm³/mol. The van der Waals surface area contributed by atoms with E-state index in [1.807, 2.05) is 0 Å². The van der Waals surface area contributed by atoms with Crippen LogP contribution in [0, 0.1) is 5.92 Å². The molecule has 0 radical (unpaired) electrons. The van der Waals surface area contributed by atoms with Gasteiger partial charge in [-0.25, -0.2) is 4.39 Å². The number of likely N-dealkylation sites (tertiary alicyclic amines) is 1. The number of Topliss-reactive ketones (excluding diaryl/α,β-unsaturated/α-hetero) is 1. The molecule has 1 aliphatic heterocycles. The molecule has 3 amide bonds. The van der Waals surface area contributed by atoms with E-state index in [1.54, 1.807) is 38.1 Å². The highest BCUT2D eigenvalue weighted by Crippen LogP contribution is 2.21. The van der Waals surface area contributed by atoms with Crippen molar-refractivity contribution in [2.45, 2.75) is 57.7 Å². The molecule has 3 atom stereocenters. The zero-order valence-electron chi connectivity index (χ0n) is 20.5. The van der Waals surface area contributed by atoms with E-state index in [1.165, 1.54) is 4.90 Å². The van der Waals surface area contributed by atoms with E-state index in [9.17, 15) is 23.6 Å². The Kier molecular flexibility index (Phi) is 11.1. The summed E-state index contributed by atoms with van der Waals surface area (Å²) < 4.78 is 13.1.